The number of pyridine rings is 1. The van der Waals surface area contributed by atoms with Gasteiger partial charge in [-0.2, -0.15) is 13.1 Å². The van der Waals surface area contributed by atoms with Crippen LogP contribution >= 0.6 is 23.2 Å². The van der Waals surface area contributed by atoms with Crippen molar-refractivity contribution in [1.29, 1.82) is 0 Å². The highest BCUT2D eigenvalue weighted by atomic mass is 35.5. The van der Waals surface area contributed by atoms with Crippen LogP contribution in [0, 0.1) is 5.92 Å². The Morgan fingerprint density at radius 2 is 1.74 bits per heavy atom. The number of esters is 1. The molecule has 1 saturated carbocycles. The highest BCUT2D eigenvalue weighted by Gasteiger charge is 2.37. The van der Waals surface area contributed by atoms with Crippen LogP contribution < -0.4 is 14.6 Å². The third-order valence-electron chi connectivity index (χ3n) is 7.39. The molecule has 1 aromatic heterocycles. The lowest BCUT2D eigenvalue weighted by molar-refractivity contribution is -0.166. The molecule has 0 amide bonds. The third kappa shape index (κ3) is 8.87. The minimum Gasteiger partial charge on any atom is -0.489 e. The fraction of sp³-hybridized carbons (Fsp3) is 0.379. The predicted molar refractivity (Wildman–Crippen MR) is 164 cm³/mol. The van der Waals surface area contributed by atoms with Gasteiger partial charge >= 0.3 is 12.6 Å². The molecule has 254 valence electrons. The summed E-state index contributed by atoms with van der Waals surface area (Å²) in [6.45, 7) is -3.61. The Hall–Kier alpha value is -3.12. The lowest BCUT2D eigenvalue weighted by atomic mass is 10.0. The number of morpholine rings is 1. The lowest BCUT2D eigenvalue weighted by Crippen LogP contribution is -2.49. The zero-order valence-electron chi connectivity index (χ0n) is 24.4. The van der Waals surface area contributed by atoms with Gasteiger partial charge < -0.3 is 18.9 Å². The van der Waals surface area contributed by atoms with Crippen molar-refractivity contribution >= 4 is 49.2 Å². The molecule has 1 unspecified atom stereocenters. The first kappa shape index (κ1) is 35.2. The van der Waals surface area contributed by atoms with E-state index in [4.69, 9.17) is 42.6 Å². The highest BCUT2D eigenvalue weighted by Crippen LogP contribution is 2.38. The molecule has 0 radical (unpaired) electrons. The number of nitrogens with zero attached hydrogens (tertiary/aromatic N) is 2. The van der Waals surface area contributed by atoms with E-state index in [9.17, 15) is 30.4 Å². The van der Waals surface area contributed by atoms with Crippen LogP contribution in [-0.4, -0.2) is 71.1 Å². The molecule has 2 atom stereocenters. The Kier molecular flexibility index (Phi) is 10.9. The molecule has 5 rings (SSSR count). The molecule has 1 saturated heterocycles. The average Bonchev–Trinajstić information content (AvgIpc) is 3.86. The zero-order chi connectivity index (χ0) is 33.9. The molecule has 3 aromatic rings. The number of benzene rings is 2. The molecule has 2 aromatic carbocycles. The number of carbonyl (C=O) groups is 1. The van der Waals surface area contributed by atoms with Crippen LogP contribution in [0.3, 0.4) is 0 Å². The number of nitrogens with two attached hydrogens (primary N) is 1. The maximum absolute atomic E-state index is 13.6. The van der Waals surface area contributed by atoms with E-state index < -0.39 is 56.3 Å². The van der Waals surface area contributed by atoms with Crippen LogP contribution in [0.5, 0.6) is 11.5 Å². The molecule has 1 aliphatic heterocycles. The van der Waals surface area contributed by atoms with E-state index in [-0.39, 0.29) is 58.5 Å². The summed E-state index contributed by atoms with van der Waals surface area (Å²) in [6.07, 6.45) is 1.97. The van der Waals surface area contributed by atoms with Crippen molar-refractivity contribution in [2.75, 3.05) is 26.3 Å². The minimum atomic E-state index is -4.29. The van der Waals surface area contributed by atoms with Crippen LogP contribution in [0.4, 0.5) is 8.78 Å². The second-order valence-electron chi connectivity index (χ2n) is 10.8. The Balaban J connectivity index is 1.41. The van der Waals surface area contributed by atoms with Crippen LogP contribution in [0.1, 0.15) is 30.1 Å². The summed E-state index contributed by atoms with van der Waals surface area (Å²) in [6, 6.07) is 8.62. The van der Waals surface area contributed by atoms with Gasteiger partial charge in [-0.1, -0.05) is 35.3 Å². The smallest absolute Gasteiger partial charge is 0.387 e. The normalized spacial score (nSPS) is 18.1. The van der Waals surface area contributed by atoms with Crippen molar-refractivity contribution in [2.45, 2.75) is 47.9 Å². The third-order valence-corrected chi connectivity index (χ3v) is 10.8. The zero-order valence-corrected chi connectivity index (χ0v) is 27.6. The Morgan fingerprint density at radius 1 is 1.04 bits per heavy atom. The molecule has 2 fully saturated rings. The van der Waals surface area contributed by atoms with Crippen LogP contribution in [-0.2, 0) is 40.7 Å². The molecule has 12 nitrogen and oxygen atoms in total. The van der Waals surface area contributed by atoms with Crippen molar-refractivity contribution < 1.29 is 49.4 Å². The number of rotatable bonds is 13. The van der Waals surface area contributed by atoms with E-state index in [1.807, 2.05) is 0 Å². The summed E-state index contributed by atoms with van der Waals surface area (Å²) >= 11 is 12.7. The maximum Gasteiger partial charge on any atom is 0.387 e. The van der Waals surface area contributed by atoms with Gasteiger partial charge in [0.15, 0.2) is 17.6 Å². The molecule has 1 aliphatic carbocycles. The molecular weight excluding hydrogens is 707 g/mol. The first-order valence-electron chi connectivity index (χ1n) is 14.2. The number of ether oxygens (including phenoxy) is 4. The van der Waals surface area contributed by atoms with Gasteiger partial charge in [0.1, 0.15) is 6.10 Å². The van der Waals surface area contributed by atoms with Crippen LogP contribution in [0.2, 0.25) is 10.0 Å². The number of hydrogen-bond donors (Lipinski definition) is 1. The van der Waals surface area contributed by atoms with Crippen LogP contribution in [0.15, 0.2) is 64.6 Å². The maximum atomic E-state index is 13.6. The molecule has 0 spiro atoms. The summed E-state index contributed by atoms with van der Waals surface area (Å²) < 4.78 is 99.6. The fourth-order valence-corrected chi connectivity index (χ4v) is 7.36. The SMILES string of the molecule is NS(=O)(=O)c1cccc(S(=O)(=O)N2CCOC(C(=O)O[C@@H](Cc3c(Cl)cncc3Cl)c3ccc(OC(F)F)c(OCC4CC4)c3)C2)c1. The quantitative estimate of drug-likeness (QED) is 0.250. The number of hydrogen-bond acceptors (Lipinski definition) is 10. The van der Waals surface area contributed by atoms with Gasteiger partial charge in [0.05, 0.1) is 39.6 Å². The molecule has 0 bridgehead atoms. The van der Waals surface area contributed by atoms with Gasteiger partial charge in [-0.05, 0) is 60.2 Å². The first-order chi connectivity index (χ1) is 22.2. The Bertz CT molecular complexity index is 1830. The summed E-state index contributed by atoms with van der Waals surface area (Å²) in [5, 5.41) is 5.51. The summed E-state index contributed by atoms with van der Waals surface area (Å²) in [7, 11) is -8.48. The van der Waals surface area contributed by atoms with E-state index in [0.717, 1.165) is 29.3 Å². The average molecular weight is 737 g/mol. The topological polar surface area (TPSA) is 164 Å². The number of halogens is 4. The largest absolute Gasteiger partial charge is 0.489 e. The van der Waals surface area contributed by atoms with Crippen molar-refractivity contribution in [3.8, 4) is 11.5 Å². The second-order valence-corrected chi connectivity index (χ2v) is 15.1. The van der Waals surface area contributed by atoms with Gasteiger partial charge in [-0.25, -0.2) is 26.8 Å². The van der Waals surface area contributed by atoms with Crippen molar-refractivity contribution in [3.05, 3.63) is 76.0 Å². The highest BCUT2D eigenvalue weighted by molar-refractivity contribution is 7.90. The number of primary sulfonamides is 1. The summed E-state index contributed by atoms with van der Waals surface area (Å²) in [4.78, 5) is 16.7. The van der Waals surface area contributed by atoms with E-state index >= 15 is 0 Å². The Morgan fingerprint density at radius 3 is 2.40 bits per heavy atom. The fourth-order valence-electron chi connectivity index (χ4n) is 4.73. The van der Waals surface area contributed by atoms with E-state index in [1.165, 1.54) is 42.7 Å². The van der Waals surface area contributed by atoms with E-state index in [1.54, 1.807) is 0 Å². The van der Waals surface area contributed by atoms with E-state index in [0.29, 0.717) is 11.1 Å². The van der Waals surface area contributed by atoms with Crippen LogP contribution in [0.25, 0.3) is 0 Å². The molecule has 18 heteroatoms. The van der Waals surface area contributed by atoms with Gasteiger partial charge in [-0.15, -0.1) is 0 Å². The standard InChI is InChI=1S/C29H29Cl2F2N3O9S2/c30-22-13-35-14-23(31)21(22)12-25(18-6-7-24(45-29(32)33)26(10-18)43-16-17-4-5-17)44-28(37)27-15-36(8-9-42-27)47(40,41)20-3-1-2-19(11-20)46(34,38)39/h1-3,6-7,10-11,13-14,17,25,27,29H,4-5,8-9,12,15-16H2,(H2,34,38,39)/t25-,27?/m0/s1. The lowest BCUT2D eigenvalue weighted by Gasteiger charge is -2.32. The van der Waals surface area contributed by atoms with E-state index in [2.05, 4.69) is 9.72 Å². The Labute approximate surface area is 279 Å². The van der Waals surface area contributed by atoms with Gasteiger partial charge in [0, 0.05) is 25.4 Å². The van der Waals surface area contributed by atoms with Gasteiger partial charge in [0.25, 0.3) is 0 Å². The molecule has 47 heavy (non-hydrogen) atoms. The number of alkyl halides is 2. The number of sulfonamides is 2. The molecule has 2 heterocycles. The van der Waals surface area contributed by atoms with Crippen molar-refractivity contribution in [1.82, 2.24) is 9.29 Å². The second kappa shape index (κ2) is 14.6. The monoisotopic (exact) mass is 735 g/mol. The molecule has 2 aliphatic rings. The van der Waals surface area contributed by atoms with Crippen molar-refractivity contribution in [3.63, 3.8) is 0 Å². The first-order valence-corrected chi connectivity index (χ1v) is 17.9. The predicted octanol–water partition coefficient (Wildman–Crippen LogP) is 4.34. The minimum absolute atomic E-state index is 0.00980. The van der Waals surface area contributed by atoms with Gasteiger partial charge in [-0.3, -0.25) is 4.98 Å². The molecule has 2 N–H and O–H groups in total. The van der Waals surface area contributed by atoms with Gasteiger partial charge in [0.2, 0.25) is 20.0 Å². The van der Waals surface area contributed by atoms with Crippen molar-refractivity contribution in [2.24, 2.45) is 11.1 Å². The molecular formula is C29H29Cl2F2N3O9S2. The number of aromatic nitrogens is 1. The summed E-state index contributed by atoms with van der Waals surface area (Å²) in [5.74, 6) is -0.859. The number of carbonyl (C=O) groups excluding carboxylic acids is 1. The summed E-state index contributed by atoms with van der Waals surface area (Å²) in [5.41, 5.74) is 0.688.